The van der Waals surface area contributed by atoms with Gasteiger partial charge in [-0.25, -0.2) is 8.42 Å². The maximum absolute atomic E-state index is 13.1. The van der Waals surface area contributed by atoms with E-state index in [4.69, 9.17) is 4.42 Å². The summed E-state index contributed by atoms with van der Waals surface area (Å²) in [5.74, 6) is -1.07. The molecule has 1 aromatic heterocycles. The molecule has 0 amide bonds. The van der Waals surface area contributed by atoms with E-state index in [2.05, 4.69) is 0 Å². The summed E-state index contributed by atoms with van der Waals surface area (Å²) in [5, 5.41) is 0. The molecule has 1 unspecified atom stereocenters. The largest absolute Gasteiger partial charge is 0.465 e. The first-order valence-electron chi connectivity index (χ1n) is 6.55. The molecule has 1 aromatic rings. The summed E-state index contributed by atoms with van der Waals surface area (Å²) >= 11 is 0. The number of hydrogen-bond donors (Lipinski definition) is 0. The molecule has 0 bridgehead atoms. The van der Waals surface area contributed by atoms with Crippen LogP contribution in [0.5, 0.6) is 0 Å². The van der Waals surface area contributed by atoms with Gasteiger partial charge in [0.25, 0.3) is 0 Å². The van der Waals surface area contributed by atoms with E-state index >= 15 is 0 Å². The van der Waals surface area contributed by atoms with Crippen molar-refractivity contribution in [2.24, 2.45) is 5.92 Å². The minimum Gasteiger partial charge on any atom is -0.465 e. The Morgan fingerprint density at radius 3 is 2.29 bits per heavy atom. The first-order valence-corrected chi connectivity index (χ1v) is 7.99. The third-order valence-corrected chi connectivity index (χ3v) is 6.27. The van der Waals surface area contributed by atoms with Gasteiger partial charge in [-0.1, -0.05) is 0 Å². The molecule has 1 atom stereocenters. The zero-order valence-electron chi connectivity index (χ0n) is 12.3. The third kappa shape index (κ3) is 2.59. The van der Waals surface area contributed by atoms with Crippen LogP contribution in [0.3, 0.4) is 0 Å². The predicted molar refractivity (Wildman–Crippen MR) is 70.3 cm³/mol. The Bertz CT molecular complexity index is 646. The molecule has 0 radical (unpaired) electrons. The summed E-state index contributed by atoms with van der Waals surface area (Å²) in [5.41, 5.74) is -1.52. The van der Waals surface area contributed by atoms with E-state index < -0.39 is 27.7 Å². The summed E-state index contributed by atoms with van der Waals surface area (Å²) in [6.45, 7) is 5.57. The normalized spacial score (nSPS) is 23.7. The first kappa shape index (κ1) is 16.4. The van der Waals surface area contributed by atoms with Crippen LogP contribution in [0.4, 0.5) is 13.2 Å². The zero-order valence-corrected chi connectivity index (χ0v) is 13.1. The number of rotatable bonds is 2. The molecular weight excluding hydrogens is 307 g/mol. The summed E-state index contributed by atoms with van der Waals surface area (Å²) in [6.07, 6.45) is -4.65. The minimum absolute atomic E-state index is 0.0594. The highest BCUT2D eigenvalue weighted by molar-refractivity contribution is 7.89. The van der Waals surface area contributed by atoms with Crippen LogP contribution in [0.2, 0.25) is 0 Å². The second-order valence-corrected chi connectivity index (χ2v) is 7.72. The monoisotopic (exact) mass is 325 g/mol. The highest BCUT2D eigenvalue weighted by Gasteiger charge is 2.58. The molecule has 1 saturated heterocycles. The van der Waals surface area contributed by atoms with Crippen molar-refractivity contribution in [3.63, 3.8) is 0 Å². The van der Waals surface area contributed by atoms with Crippen molar-refractivity contribution in [2.75, 3.05) is 6.54 Å². The molecule has 0 N–H and O–H groups in total. The van der Waals surface area contributed by atoms with Gasteiger partial charge in [-0.15, -0.1) is 0 Å². The molecule has 8 heteroatoms. The fourth-order valence-corrected chi connectivity index (χ4v) is 5.09. The Hall–Kier alpha value is -1.02. The van der Waals surface area contributed by atoms with Crippen LogP contribution in [0.25, 0.3) is 0 Å². The van der Waals surface area contributed by atoms with Crippen molar-refractivity contribution in [3.8, 4) is 0 Å². The smallest absolute Gasteiger partial charge is 0.393 e. The van der Waals surface area contributed by atoms with Crippen molar-refractivity contribution < 1.29 is 26.0 Å². The van der Waals surface area contributed by atoms with Crippen LogP contribution >= 0.6 is 0 Å². The lowest BCUT2D eigenvalue weighted by Gasteiger charge is -2.35. The van der Waals surface area contributed by atoms with Crippen LogP contribution in [0, 0.1) is 19.8 Å². The summed E-state index contributed by atoms with van der Waals surface area (Å²) in [7, 11) is -4.01. The number of sulfonamides is 1. The Morgan fingerprint density at radius 2 is 1.90 bits per heavy atom. The van der Waals surface area contributed by atoms with Crippen molar-refractivity contribution in [3.05, 3.63) is 17.6 Å². The van der Waals surface area contributed by atoms with Gasteiger partial charge >= 0.3 is 6.18 Å². The molecular formula is C13H18F3NO3S. The van der Waals surface area contributed by atoms with E-state index in [1.54, 1.807) is 6.92 Å². The molecule has 0 spiro atoms. The lowest BCUT2D eigenvalue weighted by atomic mass is 9.89. The quantitative estimate of drug-likeness (QED) is 0.839. The van der Waals surface area contributed by atoms with Crippen molar-refractivity contribution in [2.45, 2.75) is 50.7 Å². The molecule has 1 aliphatic rings. The molecule has 0 saturated carbocycles. The Balaban J connectivity index is 2.45. The number of halogens is 3. The van der Waals surface area contributed by atoms with E-state index in [1.165, 1.54) is 26.8 Å². The van der Waals surface area contributed by atoms with Gasteiger partial charge in [-0.2, -0.15) is 17.5 Å². The highest BCUT2D eigenvalue weighted by Crippen LogP contribution is 2.47. The first-order chi connectivity index (χ1) is 9.38. The van der Waals surface area contributed by atoms with Crippen LogP contribution < -0.4 is 0 Å². The van der Waals surface area contributed by atoms with E-state index in [9.17, 15) is 21.6 Å². The molecule has 2 rings (SSSR count). The topological polar surface area (TPSA) is 50.5 Å². The maximum Gasteiger partial charge on any atom is 0.393 e. The molecule has 0 aliphatic carbocycles. The summed E-state index contributed by atoms with van der Waals surface area (Å²) in [6, 6.07) is 1.35. The highest BCUT2D eigenvalue weighted by atomic mass is 32.2. The van der Waals surface area contributed by atoms with E-state index in [0.29, 0.717) is 5.76 Å². The van der Waals surface area contributed by atoms with Gasteiger partial charge < -0.3 is 4.42 Å². The summed E-state index contributed by atoms with van der Waals surface area (Å²) in [4.78, 5) is -0.0594. The predicted octanol–water partition coefficient (Wildman–Crippen LogP) is 3.25. The standard InChI is InChI=1S/C13H18F3NO3S/c1-8-7-10(9(2)20-8)21(18,19)17-6-5-11(12(17,3)4)13(14,15)16/h7,11H,5-6H2,1-4H3. The fourth-order valence-electron chi connectivity index (χ4n) is 3.04. The van der Waals surface area contributed by atoms with E-state index in [-0.39, 0.29) is 23.6 Å². The zero-order chi connectivity index (χ0) is 16.2. The van der Waals surface area contributed by atoms with Crippen LogP contribution in [-0.2, 0) is 10.0 Å². The third-order valence-electron chi connectivity index (χ3n) is 4.08. The molecule has 0 aromatic carbocycles. The van der Waals surface area contributed by atoms with Crippen molar-refractivity contribution in [1.29, 1.82) is 0 Å². The average molecular weight is 325 g/mol. The number of alkyl halides is 3. The number of hydrogen-bond acceptors (Lipinski definition) is 3. The number of nitrogens with zero attached hydrogens (tertiary/aromatic N) is 1. The molecule has 4 nitrogen and oxygen atoms in total. The summed E-state index contributed by atoms with van der Waals surface area (Å²) < 4.78 is 70.6. The van der Waals surface area contributed by atoms with E-state index in [1.807, 2.05) is 0 Å². The van der Waals surface area contributed by atoms with Crippen LogP contribution in [0.1, 0.15) is 31.8 Å². The number of furan rings is 1. The van der Waals surface area contributed by atoms with Gasteiger partial charge in [0.05, 0.1) is 5.92 Å². The molecule has 2 heterocycles. The van der Waals surface area contributed by atoms with Gasteiger partial charge in [0, 0.05) is 12.1 Å². The molecule has 120 valence electrons. The second-order valence-electron chi connectivity index (χ2n) is 5.89. The van der Waals surface area contributed by atoms with Gasteiger partial charge in [-0.05, 0) is 40.2 Å². The van der Waals surface area contributed by atoms with Crippen LogP contribution in [-0.4, -0.2) is 31.0 Å². The molecule has 1 fully saturated rings. The van der Waals surface area contributed by atoms with Crippen molar-refractivity contribution >= 4 is 10.0 Å². The SMILES string of the molecule is Cc1cc(S(=O)(=O)N2CCC(C(F)(F)F)C2(C)C)c(C)o1. The van der Waals surface area contributed by atoms with Gasteiger partial charge in [0.15, 0.2) is 0 Å². The molecule has 1 aliphatic heterocycles. The van der Waals surface area contributed by atoms with Crippen molar-refractivity contribution in [1.82, 2.24) is 4.31 Å². The van der Waals surface area contributed by atoms with Gasteiger partial charge in [0.2, 0.25) is 10.0 Å². The maximum atomic E-state index is 13.1. The average Bonchev–Trinajstić information content (AvgIpc) is 2.77. The lowest BCUT2D eigenvalue weighted by molar-refractivity contribution is -0.188. The Kier molecular flexibility index (Phi) is 3.69. The Labute approximate surface area is 122 Å². The van der Waals surface area contributed by atoms with Gasteiger partial charge in [0.1, 0.15) is 16.4 Å². The number of aryl methyl sites for hydroxylation is 2. The lowest BCUT2D eigenvalue weighted by Crippen LogP contribution is -2.49. The molecule has 21 heavy (non-hydrogen) atoms. The Morgan fingerprint density at radius 1 is 1.33 bits per heavy atom. The second kappa shape index (κ2) is 4.74. The van der Waals surface area contributed by atoms with E-state index in [0.717, 1.165) is 4.31 Å². The fraction of sp³-hybridized carbons (Fsp3) is 0.692. The minimum atomic E-state index is -4.42. The van der Waals surface area contributed by atoms with Crippen LogP contribution in [0.15, 0.2) is 15.4 Å². The van der Waals surface area contributed by atoms with Gasteiger partial charge in [-0.3, -0.25) is 0 Å².